The van der Waals surface area contributed by atoms with Gasteiger partial charge in [-0.05, 0) is 0 Å². The van der Waals surface area contributed by atoms with E-state index < -0.39 is 14.3 Å². The lowest BCUT2D eigenvalue weighted by molar-refractivity contribution is -0.373. The molecule has 0 bridgehead atoms. The number of ether oxygens (including phenoxy) is 2. The van der Waals surface area contributed by atoms with Crippen molar-refractivity contribution >= 4 is 7.82 Å². The molecule has 0 amide bonds. The van der Waals surface area contributed by atoms with E-state index in [-0.39, 0.29) is 13.2 Å². The van der Waals surface area contributed by atoms with Gasteiger partial charge in [0.25, 0.3) is 0 Å². The number of phosphoric acid groups is 1. The number of hydrogen-bond acceptors (Lipinski definition) is 7. The summed E-state index contributed by atoms with van der Waals surface area (Å²) in [5, 5.41) is 0. The quantitative estimate of drug-likeness (QED) is 0.389. The molecule has 0 saturated carbocycles. The zero-order valence-corrected chi connectivity index (χ0v) is 7.35. The molecular weight excluding hydrogens is 203 g/mol. The zero-order chi connectivity index (χ0) is 9.15. The van der Waals surface area contributed by atoms with Crippen LogP contribution >= 0.6 is 7.82 Å². The molecule has 2 aliphatic rings. The van der Waals surface area contributed by atoms with Gasteiger partial charge in [0.05, 0.1) is 13.2 Å². The van der Waals surface area contributed by atoms with Crippen LogP contribution in [0, 0.1) is 0 Å². The van der Waals surface area contributed by atoms with E-state index in [0.717, 1.165) is 0 Å². The Morgan fingerprint density at radius 2 is 1.85 bits per heavy atom. The molecule has 0 aliphatic carbocycles. The summed E-state index contributed by atoms with van der Waals surface area (Å²) in [5.41, 5.74) is 0. The fourth-order valence-corrected chi connectivity index (χ4v) is 1.67. The summed E-state index contributed by atoms with van der Waals surface area (Å²) in [6.07, 6.45) is 2.53. The average Bonchev–Trinajstić information content (AvgIpc) is 2.72. The normalized spacial score (nSPS) is 25.8. The first-order valence-electron chi connectivity index (χ1n) is 3.49. The van der Waals surface area contributed by atoms with Crippen LogP contribution in [-0.2, 0) is 32.6 Å². The molecule has 0 unspecified atom stereocenters. The van der Waals surface area contributed by atoms with Crippen molar-refractivity contribution < 1.29 is 32.6 Å². The number of rotatable bonds is 3. The third-order valence-corrected chi connectivity index (χ3v) is 2.50. The molecule has 0 atom stereocenters. The third kappa shape index (κ3) is 2.20. The largest absolute Gasteiger partial charge is 0.502 e. The highest BCUT2D eigenvalue weighted by atomic mass is 31.2. The van der Waals surface area contributed by atoms with Crippen molar-refractivity contribution in [3.63, 3.8) is 0 Å². The second-order valence-corrected chi connectivity index (χ2v) is 3.68. The van der Waals surface area contributed by atoms with Gasteiger partial charge in [-0.25, -0.2) is 4.57 Å². The van der Waals surface area contributed by atoms with Gasteiger partial charge in [0.15, 0.2) is 0 Å². The van der Waals surface area contributed by atoms with Crippen molar-refractivity contribution in [2.75, 3.05) is 13.2 Å². The van der Waals surface area contributed by atoms with Crippen molar-refractivity contribution in [1.82, 2.24) is 0 Å². The Hall–Kier alpha value is -0.590. The van der Waals surface area contributed by atoms with Crippen LogP contribution in [0.25, 0.3) is 0 Å². The summed E-state index contributed by atoms with van der Waals surface area (Å²) in [7, 11) is -3.53. The van der Waals surface area contributed by atoms with Gasteiger partial charge >= 0.3 is 14.3 Å². The maximum atomic E-state index is 11.2. The molecule has 2 heterocycles. The molecule has 0 N–H and O–H groups in total. The van der Waals surface area contributed by atoms with E-state index in [1.165, 1.54) is 12.5 Å². The Labute approximate surface area is 73.7 Å². The molecule has 2 rings (SSSR count). The molecule has 13 heavy (non-hydrogen) atoms. The monoisotopic (exact) mass is 210 g/mol. The van der Waals surface area contributed by atoms with Gasteiger partial charge < -0.3 is 9.47 Å². The minimum atomic E-state index is -3.53. The van der Waals surface area contributed by atoms with Crippen molar-refractivity contribution in [2.24, 2.45) is 0 Å². The highest BCUT2D eigenvalue weighted by Gasteiger charge is 2.35. The van der Waals surface area contributed by atoms with Gasteiger partial charge in [-0.1, -0.05) is 0 Å². The molecule has 2 aliphatic heterocycles. The summed E-state index contributed by atoms with van der Waals surface area (Å²) in [5.74, 6) is 0. The fraction of sp³-hybridized carbons (Fsp3) is 0.600. The lowest BCUT2D eigenvalue weighted by Crippen LogP contribution is -2.12. The van der Waals surface area contributed by atoms with E-state index in [2.05, 4.69) is 28.1 Å². The summed E-state index contributed by atoms with van der Waals surface area (Å²) in [6, 6.07) is 0. The minimum absolute atomic E-state index is 0.214. The van der Waals surface area contributed by atoms with Crippen molar-refractivity contribution in [3.05, 3.63) is 12.5 Å². The second-order valence-electron chi connectivity index (χ2n) is 2.12. The van der Waals surface area contributed by atoms with Crippen LogP contribution in [0.1, 0.15) is 0 Å². The van der Waals surface area contributed by atoms with Gasteiger partial charge in [0.1, 0.15) is 12.5 Å². The highest BCUT2D eigenvalue weighted by Crippen LogP contribution is 2.53. The molecule has 74 valence electrons. The molecule has 0 aromatic carbocycles. The van der Waals surface area contributed by atoms with Crippen LogP contribution in [0.4, 0.5) is 0 Å². The Morgan fingerprint density at radius 3 is 2.46 bits per heavy atom. The van der Waals surface area contributed by atoms with Gasteiger partial charge in [-0.3, -0.25) is 9.05 Å². The predicted molar refractivity (Wildman–Crippen MR) is 36.8 cm³/mol. The maximum absolute atomic E-state index is 11.2. The summed E-state index contributed by atoms with van der Waals surface area (Å²) in [6.45, 7) is -0.630. The average molecular weight is 210 g/mol. The van der Waals surface area contributed by atoms with Gasteiger partial charge in [0, 0.05) is 0 Å². The van der Waals surface area contributed by atoms with E-state index >= 15 is 0 Å². The lowest BCUT2D eigenvalue weighted by Gasteiger charge is -2.11. The summed E-state index contributed by atoms with van der Waals surface area (Å²) < 4.78 is 34.3. The molecule has 7 nitrogen and oxygen atoms in total. The standard InChI is InChI=1S/C5H7O7P/c6-13(9-3-4-10-13)12-11-5-7-1-2-8-5/h1-2,5H,3-4H2. The van der Waals surface area contributed by atoms with Crippen LogP contribution in [0.15, 0.2) is 12.5 Å². The van der Waals surface area contributed by atoms with Crippen LogP contribution < -0.4 is 0 Å². The van der Waals surface area contributed by atoms with Crippen molar-refractivity contribution in [1.29, 1.82) is 0 Å². The smallest absolute Gasteiger partial charge is 0.435 e. The van der Waals surface area contributed by atoms with Crippen LogP contribution in [0.3, 0.4) is 0 Å². The Balaban J connectivity index is 1.75. The van der Waals surface area contributed by atoms with Crippen LogP contribution in [0.5, 0.6) is 0 Å². The molecule has 0 aromatic heterocycles. The summed E-state index contributed by atoms with van der Waals surface area (Å²) in [4.78, 5) is 4.47. The molecule has 0 spiro atoms. The molecule has 8 heteroatoms. The molecule has 0 aromatic rings. The Bertz CT molecular complexity index is 233. The topological polar surface area (TPSA) is 72.5 Å². The first kappa shape index (κ1) is 8.98. The lowest BCUT2D eigenvalue weighted by atomic mass is 10.8. The predicted octanol–water partition coefficient (Wildman–Crippen LogP) is 0.891. The highest BCUT2D eigenvalue weighted by molar-refractivity contribution is 7.48. The first-order chi connectivity index (χ1) is 6.29. The SMILES string of the molecule is O=P1(OOC2OC=CO2)OCCO1. The first-order valence-corrected chi connectivity index (χ1v) is 4.95. The maximum Gasteiger partial charge on any atom is 0.502 e. The van der Waals surface area contributed by atoms with E-state index in [1.807, 2.05) is 0 Å². The molecule has 1 fully saturated rings. The van der Waals surface area contributed by atoms with E-state index in [4.69, 9.17) is 0 Å². The minimum Gasteiger partial charge on any atom is -0.435 e. The Morgan fingerprint density at radius 1 is 1.23 bits per heavy atom. The molecule has 0 radical (unpaired) electrons. The van der Waals surface area contributed by atoms with Crippen molar-refractivity contribution in [3.8, 4) is 0 Å². The van der Waals surface area contributed by atoms with E-state index in [1.54, 1.807) is 0 Å². The summed E-state index contributed by atoms with van der Waals surface area (Å²) >= 11 is 0. The fourth-order valence-electron chi connectivity index (χ4n) is 0.736. The van der Waals surface area contributed by atoms with Gasteiger partial charge in [0.2, 0.25) is 0 Å². The molecule has 1 saturated heterocycles. The van der Waals surface area contributed by atoms with Crippen LogP contribution in [0.2, 0.25) is 0 Å². The van der Waals surface area contributed by atoms with E-state index in [0.29, 0.717) is 0 Å². The number of hydrogen-bond donors (Lipinski definition) is 0. The van der Waals surface area contributed by atoms with Gasteiger partial charge in [-0.2, -0.15) is 0 Å². The van der Waals surface area contributed by atoms with Crippen molar-refractivity contribution in [2.45, 2.75) is 6.48 Å². The zero-order valence-electron chi connectivity index (χ0n) is 6.45. The number of phosphoric ester groups is 1. The second kappa shape index (κ2) is 3.65. The Kier molecular flexibility index (Phi) is 2.52. The van der Waals surface area contributed by atoms with Gasteiger partial charge in [-0.15, -0.1) is 9.56 Å². The third-order valence-electron chi connectivity index (χ3n) is 1.23. The molecular formula is C5H7O7P. The van der Waals surface area contributed by atoms with E-state index in [9.17, 15) is 4.57 Å². The van der Waals surface area contributed by atoms with Crippen LogP contribution in [-0.4, -0.2) is 19.7 Å².